The van der Waals surface area contributed by atoms with E-state index in [1.165, 1.54) is 45.2 Å². The number of nitrogens with zero attached hydrogens (tertiary/aromatic N) is 1. The molecule has 0 aromatic carbocycles. The van der Waals surface area contributed by atoms with Gasteiger partial charge >= 0.3 is 0 Å². The summed E-state index contributed by atoms with van der Waals surface area (Å²) < 4.78 is 0. The Kier molecular flexibility index (Phi) is 4.26. The van der Waals surface area contributed by atoms with Gasteiger partial charge in [-0.1, -0.05) is 20.8 Å². The third-order valence-corrected chi connectivity index (χ3v) is 4.36. The molecule has 94 valence electrons. The summed E-state index contributed by atoms with van der Waals surface area (Å²) >= 11 is 0. The van der Waals surface area contributed by atoms with E-state index in [0.29, 0.717) is 0 Å². The summed E-state index contributed by atoms with van der Waals surface area (Å²) in [5.41, 5.74) is 0. The second kappa shape index (κ2) is 5.50. The number of rotatable bonds is 5. The van der Waals surface area contributed by atoms with E-state index in [0.717, 1.165) is 24.0 Å². The van der Waals surface area contributed by atoms with Gasteiger partial charge in [-0.05, 0) is 51.1 Å². The van der Waals surface area contributed by atoms with Crippen molar-refractivity contribution >= 4 is 0 Å². The summed E-state index contributed by atoms with van der Waals surface area (Å²) in [6.07, 6.45) is 6.98. The summed E-state index contributed by atoms with van der Waals surface area (Å²) in [4.78, 5) is 2.73. The highest BCUT2D eigenvalue weighted by Gasteiger charge is 2.35. The first-order chi connectivity index (χ1) is 7.69. The summed E-state index contributed by atoms with van der Waals surface area (Å²) in [7, 11) is 0. The smallest absolute Gasteiger partial charge is 0.0125 e. The zero-order valence-electron chi connectivity index (χ0n) is 11.2. The molecule has 2 nitrogen and oxygen atoms in total. The maximum Gasteiger partial charge on any atom is 0.0125 e. The van der Waals surface area contributed by atoms with Crippen molar-refractivity contribution in [1.29, 1.82) is 0 Å². The maximum absolute atomic E-state index is 3.74. The molecule has 0 spiro atoms. The van der Waals surface area contributed by atoms with Crippen LogP contribution in [0.5, 0.6) is 0 Å². The van der Waals surface area contributed by atoms with Crippen molar-refractivity contribution in [2.24, 2.45) is 5.92 Å². The standard InChI is InChI=1S/C14H28N2/c1-4-16(8-7-11(2)3)14-9-12-5-6-13(10-14)15-12/h11-15H,4-10H2,1-3H3. The van der Waals surface area contributed by atoms with Gasteiger partial charge in [0.15, 0.2) is 0 Å². The SMILES string of the molecule is CCN(CCC(C)C)C1CC2CCC(C1)N2. The van der Waals surface area contributed by atoms with Gasteiger partial charge in [0.25, 0.3) is 0 Å². The fraction of sp³-hybridized carbons (Fsp3) is 1.00. The lowest BCUT2D eigenvalue weighted by molar-refractivity contribution is 0.141. The molecular weight excluding hydrogens is 196 g/mol. The van der Waals surface area contributed by atoms with Crippen molar-refractivity contribution in [3.63, 3.8) is 0 Å². The average molecular weight is 224 g/mol. The highest BCUT2D eigenvalue weighted by Crippen LogP contribution is 2.29. The Bertz CT molecular complexity index is 203. The van der Waals surface area contributed by atoms with Gasteiger partial charge in [0.2, 0.25) is 0 Å². The Balaban J connectivity index is 1.84. The van der Waals surface area contributed by atoms with E-state index in [1.807, 2.05) is 0 Å². The molecule has 1 N–H and O–H groups in total. The molecule has 2 fully saturated rings. The van der Waals surface area contributed by atoms with Crippen molar-refractivity contribution in [3.05, 3.63) is 0 Å². The van der Waals surface area contributed by atoms with Gasteiger partial charge in [-0.3, -0.25) is 0 Å². The first-order valence-electron chi connectivity index (χ1n) is 7.19. The highest BCUT2D eigenvalue weighted by atomic mass is 15.2. The van der Waals surface area contributed by atoms with Gasteiger partial charge < -0.3 is 10.2 Å². The molecule has 2 heteroatoms. The molecule has 2 heterocycles. The molecule has 2 rings (SSSR count). The van der Waals surface area contributed by atoms with E-state index >= 15 is 0 Å². The fourth-order valence-corrected chi connectivity index (χ4v) is 3.35. The largest absolute Gasteiger partial charge is 0.311 e. The number of hydrogen-bond donors (Lipinski definition) is 1. The van der Waals surface area contributed by atoms with E-state index in [1.54, 1.807) is 0 Å². The molecule has 0 saturated carbocycles. The Morgan fingerprint density at radius 2 is 1.81 bits per heavy atom. The molecule has 0 aromatic heterocycles. The van der Waals surface area contributed by atoms with Gasteiger partial charge in [-0.2, -0.15) is 0 Å². The number of piperidine rings is 1. The van der Waals surface area contributed by atoms with E-state index < -0.39 is 0 Å². The van der Waals surface area contributed by atoms with Crippen molar-refractivity contribution in [2.45, 2.75) is 71.0 Å². The summed E-state index contributed by atoms with van der Waals surface area (Å²) in [6.45, 7) is 9.53. The van der Waals surface area contributed by atoms with Gasteiger partial charge in [0.1, 0.15) is 0 Å². The zero-order valence-corrected chi connectivity index (χ0v) is 11.2. The number of hydrogen-bond acceptors (Lipinski definition) is 2. The van der Waals surface area contributed by atoms with Crippen LogP contribution in [0.3, 0.4) is 0 Å². The van der Waals surface area contributed by atoms with E-state index in [4.69, 9.17) is 0 Å². The van der Waals surface area contributed by atoms with Gasteiger partial charge in [0, 0.05) is 18.1 Å². The molecule has 16 heavy (non-hydrogen) atoms. The summed E-state index contributed by atoms with van der Waals surface area (Å²) in [5.74, 6) is 0.840. The molecule has 2 aliphatic heterocycles. The van der Waals surface area contributed by atoms with E-state index in [2.05, 4.69) is 31.0 Å². The Morgan fingerprint density at radius 3 is 2.31 bits per heavy atom. The van der Waals surface area contributed by atoms with Gasteiger partial charge in [-0.25, -0.2) is 0 Å². The quantitative estimate of drug-likeness (QED) is 0.772. The van der Waals surface area contributed by atoms with Crippen LogP contribution >= 0.6 is 0 Å². The molecule has 2 saturated heterocycles. The lowest BCUT2D eigenvalue weighted by Gasteiger charge is -2.37. The van der Waals surface area contributed by atoms with Gasteiger partial charge in [-0.15, -0.1) is 0 Å². The zero-order chi connectivity index (χ0) is 11.5. The molecule has 0 aliphatic carbocycles. The predicted octanol–water partition coefficient (Wildman–Crippen LogP) is 2.64. The highest BCUT2D eigenvalue weighted by molar-refractivity contribution is 4.95. The van der Waals surface area contributed by atoms with Crippen LogP contribution in [-0.4, -0.2) is 36.1 Å². The van der Waals surface area contributed by atoms with Crippen LogP contribution in [0.2, 0.25) is 0 Å². The maximum atomic E-state index is 3.74. The van der Waals surface area contributed by atoms with E-state index in [9.17, 15) is 0 Å². The first kappa shape index (κ1) is 12.4. The van der Waals surface area contributed by atoms with Crippen LogP contribution in [0.4, 0.5) is 0 Å². The third-order valence-electron chi connectivity index (χ3n) is 4.36. The van der Waals surface area contributed by atoms with Crippen molar-refractivity contribution in [1.82, 2.24) is 10.2 Å². The molecular formula is C14H28N2. The van der Waals surface area contributed by atoms with Crippen LogP contribution in [0.1, 0.15) is 52.9 Å². The minimum atomic E-state index is 0.830. The molecule has 2 bridgehead atoms. The lowest BCUT2D eigenvalue weighted by Crippen LogP contribution is -2.48. The van der Waals surface area contributed by atoms with Crippen LogP contribution in [-0.2, 0) is 0 Å². The Labute approximate surface area is 101 Å². The first-order valence-corrected chi connectivity index (χ1v) is 7.19. The Hall–Kier alpha value is -0.0800. The number of nitrogens with one attached hydrogen (secondary N) is 1. The van der Waals surface area contributed by atoms with Crippen LogP contribution in [0.15, 0.2) is 0 Å². The monoisotopic (exact) mass is 224 g/mol. The molecule has 2 unspecified atom stereocenters. The van der Waals surface area contributed by atoms with Crippen molar-refractivity contribution in [3.8, 4) is 0 Å². The third kappa shape index (κ3) is 2.98. The van der Waals surface area contributed by atoms with Crippen molar-refractivity contribution < 1.29 is 0 Å². The van der Waals surface area contributed by atoms with Crippen LogP contribution < -0.4 is 5.32 Å². The molecule has 0 radical (unpaired) electrons. The van der Waals surface area contributed by atoms with Crippen LogP contribution in [0.25, 0.3) is 0 Å². The minimum absolute atomic E-state index is 0.830. The minimum Gasteiger partial charge on any atom is -0.311 e. The Morgan fingerprint density at radius 1 is 1.19 bits per heavy atom. The molecule has 0 amide bonds. The topological polar surface area (TPSA) is 15.3 Å². The van der Waals surface area contributed by atoms with Crippen molar-refractivity contribution in [2.75, 3.05) is 13.1 Å². The molecule has 2 atom stereocenters. The van der Waals surface area contributed by atoms with Gasteiger partial charge in [0.05, 0.1) is 0 Å². The fourth-order valence-electron chi connectivity index (χ4n) is 3.35. The normalized spacial score (nSPS) is 33.9. The molecule has 2 aliphatic rings. The van der Waals surface area contributed by atoms with Crippen LogP contribution in [0, 0.1) is 5.92 Å². The predicted molar refractivity (Wildman–Crippen MR) is 69.7 cm³/mol. The second-order valence-corrected chi connectivity index (χ2v) is 6.07. The second-order valence-electron chi connectivity index (χ2n) is 6.07. The number of fused-ring (bicyclic) bond motifs is 2. The van der Waals surface area contributed by atoms with E-state index in [-0.39, 0.29) is 0 Å². The lowest BCUT2D eigenvalue weighted by atomic mass is 9.97. The summed E-state index contributed by atoms with van der Waals surface area (Å²) in [6, 6.07) is 2.52. The summed E-state index contributed by atoms with van der Waals surface area (Å²) in [5, 5.41) is 3.74. The average Bonchev–Trinajstić information content (AvgIpc) is 2.58. The molecule has 0 aromatic rings.